The smallest absolute Gasteiger partial charge is 0.177 e. The summed E-state index contributed by atoms with van der Waals surface area (Å²) in [7, 11) is 4.13. The highest BCUT2D eigenvalue weighted by Crippen LogP contribution is 2.38. The lowest BCUT2D eigenvalue weighted by molar-refractivity contribution is -0.227. The molecule has 2 fully saturated rings. The van der Waals surface area contributed by atoms with E-state index in [4.69, 9.17) is 14.2 Å². The second-order valence-electron chi connectivity index (χ2n) is 11.2. The van der Waals surface area contributed by atoms with Crippen molar-refractivity contribution in [2.75, 3.05) is 56.8 Å². The molecule has 1 aromatic carbocycles. The lowest BCUT2D eigenvalue weighted by Crippen LogP contribution is -2.57. The minimum absolute atomic E-state index is 0.0573. The highest BCUT2D eigenvalue weighted by Gasteiger charge is 2.39. The van der Waals surface area contributed by atoms with Gasteiger partial charge in [0.05, 0.1) is 38.7 Å². The largest absolute Gasteiger partial charge is 0.378 e. The topological polar surface area (TPSA) is 64.9 Å². The summed E-state index contributed by atoms with van der Waals surface area (Å²) >= 11 is 0. The minimum Gasteiger partial charge on any atom is -0.378 e. The average molecular weight is 458 g/mol. The molecule has 182 valence electrons. The van der Waals surface area contributed by atoms with Crippen LogP contribution in [0.3, 0.4) is 0 Å². The van der Waals surface area contributed by atoms with Crippen molar-refractivity contribution in [2.45, 2.75) is 53.6 Å². The second kappa shape index (κ2) is 9.24. The van der Waals surface area contributed by atoms with Crippen LogP contribution in [0.25, 0.3) is 11.3 Å². The lowest BCUT2D eigenvalue weighted by Gasteiger charge is -2.49. The van der Waals surface area contributed by atoms with Crippen LogP contribution >= 0.6 is 0 Å². The molecule has 2 aliphatic rings. The number of nitrogens with zero attached hydrogens (tertiary/aromatic N) is 5. The van der Waals surface area contributed by atoms with Crippen molar-refractivity contribution < 1.29 is 14.2 Å². The maximum absolute atomic E-state index is 5.87. The highest BCUT2D eigenvalue weighted by atomic mass is 16.7. The number of rotatable bonds is 8. The van der Waals surface area contributed by atoms with E-state index in [9.17, 15) is 0 Å². The summed E-state index contributed by atoms with van der Waals surface area (Å²) in [5.74, 6) is 0. The van der Waals surface area contributed by atoms with Crippen LogP contribution in [0, 0.1) is 10.8 Å². The molecule has 4 rings (SSSR count). The van der Waals surface area contributed by atoms with Gasteiger partial charge in [-0.25, -0.2) is 4.68 Å². The number of hydrogen-bond donors (Lipinski definition) is 0. The van der Waals surface area contributed by atoms with Crippen LogP contribution in [-0.4, -0.2) is 74.4 Å². The molecule has 33 heavy (non-hydrogen) atoms. The standard InChI is InChI=1S/C25H39N5O3/c1-18(2)31-17-25(5)13-29(14-25)19-8-9-20(22(10-19)28(6)7)21-11-30(27-26-21)12-23-32-15-24(3,4)16-33-23/h8-11,18,23H,12-17H2,1-7H3. The minimum atomic E-state index is -0.288. The van der Waals surface area contributed by atoms with E-state index in [0.717, 1.165) is 36.6 Å². The van der Waals surface area contributed by atoms with Crippen LogP contribution in [0.5, 0.6) is 0 Å². The van der Waals surface area contributed by atoms with Gasteiger partial charge >= 0.3 is 0 Å². The molecule has 8 heteroatoms. The van der Waals surface area contributed by atoms with E-state index in [1.807, 2.05) is 6.20 Å². The second-order valence-corrected chi connectivity index (χ2v) is 11.2. The molecule has 2 aliphatic heterocycles. The summed E-state index contributed by atoms with van der Waals surface area (Å²) in [6.45, 7) is 15.5. The molecule has 0 aliphatic carbocycles. The number of ether oxygens (including phenoxy) is 3. The number of anilines is 2. The number of hydrogen-bond acceptors (Lipinski definition) is 7. The van der Waals surface area contributed by atoms with E-state index in [2.05, 4.69) is 87.0 Å². The molecule has 0 saturated carbocycles. The molecule has 0 radical (unpaired) electrons. The van der Waals surface area contributed by atoms with Gasteiger partial charge in [0.15, 0.2) is 6.29 Å². The van der Waals surface area contributed by atoms with Crippen molar-refractivity contribution in [3.05, 3.63) is 24.4 Å². The average Bonchev–Trinajstić information content (AvgIpc) is 3.19. The van der Waals surface area contributed by atoms with E-state index in [1.54, 1.807) is 4.68 Å². The third kappa shape index (κ3) is 5.67. The van der Waals surface area contributed by atoms with Gasteiger partial charge in [-0.1, -0.05) is 26.0 Å². The zero-order valence-electron chi connectivity index (χ0n) is 21.2. The Labute approximate surface area is 197 Å². The molecule has 2 saturated heterocycles. The van der Waals surface area contributed by atoms with Crippen molar-refractivity contribution in [3.8, 4) is 11.3 Å². The van der Waals surface area contributed by atoms with Crippen LogP contribution in [0.15, 0.2) is 24.4 Å². The molecule has 1 aromatic heterocycles. The quantitative estimate of drug-likeness (QED) is 0.599. The van der Waals surface area contributed by atoms with Gasteiger partial charge in [-0.15, -0.1) is 5.10 Å². The first kappa shape index (κ1) is 24.0. The molecule has 0 unspecified atom stereocenters. The molecule has 3 heterocycles. The lowest BCUT2D eigenvalue weighted by atomic mass is 9.82. The van der Waals surface area contributed by atoms with Crippen molar-refractivity contribution in [1.29, 1.82) is 0 Å². The van der Waals surface area contributed by atoms with Crippen LogP contribution in [-0.2, 0) is 20.8 Å². The third-order valence-corrected chi connectivity index (χ3v) is 6.21. The maximum Gasteiger partial charge on any atom is 0.177 e. The Balaban J connectivity index is 1.44. The van der Waals surface area contributed by atoms with E-state index in [0.29, 0.717) is 19.8 Å². The fourth-order valence-corrected chi connectivity index (χ4v) is 4.32. The van der Waals surface area contributed by atoms with Gasteiger partial charge in [0.1, 0.15) is 5.69 Å². The zero-order chi connectivity index (χ0) is 23.8. The van der Waals surface area contributed by atoms with E-state index >= 15 is 0 Å². The van der Waals surface area contributed by atoms with Gasteiger partial charge < -0.3 is 24.0 Å². The summed E-state index contributed by atoms with van der Waals surface area (Å²) in [5.41, 5.74) is 4.53. The number of aromatic nitrogens is 3. The van der Waals surface area contributed by atoms with Crippen LogP contribution in [0.1, 0.15) is 34.6 Å². The Bertz CT molecular complexity index is 939. The summed E-state index contributed by atoms with van der Waals surface area (Å²) in [6.07, 6.45) is 1.95. The fraction of sp³-hybridized carbons (Fsp3) is 0.680. The Morgan fingerprint density at radius 1 is 1.15 bits per heavy atom. The molecule has 2 aromatic rings. The van der Waals surface area contributed by atoms with E-state index in [1.165, 1.54) is 5.69 Å². The Morgan fingerprint density at radius 3 is 2.48 bits per heavy atom. The van der Waals surface area contributed by atoms with Crippen molar-refractivity contribution in [2.24, 2.45) is 10.8 Å². The van der Waals surface area contributed by atoms with Gasteiger partial charge in [0.2, 0.25) is 0 Å². The first-order valence-corrected chi connectivity index (χ1v) is 11.9. The summed E-state index contributed by atoms with van der Waals surface area (Å²) in [5, 5.41) is 8.77. The van der Waals surface area contributed by atoms with Crippen LogP contribution in [0.2, 0.25) is 0 Å². The Morgan fingerprint density at radius 2 is 1.85 bits per heavy atom. The Kier molecular flexibility index (Phi) is 6.71. The fourth-order valence-electron chi connectivity index (χ4n) is 4.32. The van der Waals surface area contributed by atoms with Gasteiger partial charge in [0, 0.05) is 55.0 Å². The summed E-state index contributed by atoms with van der Waals surface area (Å²) in [6, 6.07) is 6.57. The summed E-state index contributed by atoms with van der Waals surface area (Å²) in [4.78, 5) is 4.55. The molecule has 0 amide bonds. The number of benzene rings is 1. The van der Waals surface area contributed by atoms with Crippen molar-refractivity contribution in [1.82, 2.24) is 15.0 Å². The third-order valence-electron chi connectivity index (χ3n) is 6.21. The zero-order valence-corrected chi connectivity index (χ0v) is 21.2. The van der Waals surface area contributed by atoms with Gasteiger partial charge in [-0.05, 0) is 32.0 Å². The van der Waals surface area contributed by atoms with E-state index in [-0.39, 0.29) is 23.2 Å². The molecule has 0 N–H and O–H groups in total. The summed E-state index contributed by atoms with van der Waals surface area (Å²) < 4.78 is 19.4. The molecule has 0 atom stereocenters. The van der Waals surface area contributed by atoms with Gasteiger partial charge in [-0.3, -0.25) is 0 Å². The molecule has 0 spiro atoms. The Hall–Kier alpha value is -2.16. The molecular formula is C25H39N5O3. The van der Waals surface area contributed by atoms with Crippen LogP contribution in [0.4, 0.5) is 11.4 Å². The predicted octanol–water partition coefficient (Wildman–Crippen LogP) is 3.66. The van der Waals surface area contributed by atoms with Gasteiger partial charge in [-0.2, -0.15) is 0 Å². The molecular weight excluding hydrogens is 418 g/mol. The first-order chi connectivity index (χ1) is 15.5. The van der Waals surface area contributed by atoms with Crippen LogP contribution < -0.4 is 9.80 Å². The monoisotopic (exact) mass is 457 g/mol. The predicted molar refractivity (Wildman–Crippen MR) is 131 cm³/mol. The molecule has 8 nitrogen and oxygen atoms in total. The van der Waals surface area contributed by atoms with Crippen molar-refractivity contribution >= 4 is 11.4 Å². The SMILES string of the molecule is CC(C)OCC1(C)CN(c2ccc(-c3cn(CC4OCC(C)(C)CO4)nn3)c(N(C)C)c2)C1. The van der Waals surface area contributed by atoms with Crippen molar-refractivity contribution in [3.63, 3.8) is 0 Å². The van der Waals surface area contributed by atoms with Gasteiger partial charge in [0.25, 0.3) is 0 Å². The normalized spacial score (nSPS) is 20.2. The van der Waals surface area contributed by atoms with E-state index < -0.39 is 0 Å². The maximum atomic E-state index is 5.87. The highest BCUT2D eigenvalue weighted by molar-refractivity contribution is 5.79. The first-order valence-electron chi connectivity index (χ1n) is 11.9. The molecule has 0 bridgehead atoms.